The lowest BCUT2D eigenvalue weighted by Crippen LogP contribution is -2.31. The van der Waals surface area contributed by atoms with Gasteiger partial charge in [-0.1, -0.05) is 35.9 Å². The number of carbonyl (C=O) groups is 2. The number of carbonyl (C=O) groups excluding carboxylic acids is 2. The monoisotopic (exact) mass is 383 g/mol. The molecule has 0 aromatic heterocycles. The molecule has 2 aromatic carbocycles. The highest BCUT2D eigenvalue weighted by atomic mass is 16.6. The van der Waals surface area contributed by atoms with E-state index in [0.29, 0.717) is 17.2 Å². The minimum Gasteiger partial charge on any atom is -0.493 e. The molecule has 0 unspecified atom stereocenters. The number of aryl methyl sites for hydroxylation is 1. The smallest absolute Gasteiger partial charge is 0.344 e. The zero-order valence-electron chi connectivity index (χ0n) is 16.5. The second-order valence-corrected chi connectivity index (χ2v) is 6.19. The maximum Gasteiger partial charge on any atom is 0.344 e. The highest BCUT2D eigenvalue weighted by Gasteiger charge is 2.19. The number of hydrogen-bond donors (Lipinski definition) is 1. The van der Waals surface area contributed by atoms with Gasteiger partial charge in [0.15, 0.2) is 24.2 Å². The van der Waals surface area contributed by atoms with Crippen molar-refractivity contribution in [2.45, 2.75) is 26.9 Å². The third-order valence-electron chi connectivity index (χ3n) is 3.89. The van der Waals surface area contributed by atoms with Crippen LogP contribution in [0.4, 0.5) is 5.69 Å². The van der Waals surface area contributed by atoms with Crippen LogP contribution in [-0.2, 0) is 14.3 Å². The van der Waals surface area contributed by atoms with E-state index in [9.17, 15) is 9.59 Å². The number of benzene rings is 2. The lowest BCUT2D eigenvalue weighted by atomic mass is 10.2. The maximum absolute atomic E-state index is 12.2. The second-order valence-electron chi connectivity index (χ2n) is 6.19. The molecule has 2 rings (SSSR count). The van der Waals surface area contributed by atoms with Gasteiger partial charge in [-0.25, -0.2) is 4.79 Å². The normalized spacial score (nSPS) is 11.7. The van der Waals surface area contributed by atoms with Crippen LogP contribution < -0.4 is 14.8 Å². The van der Waals surface area contributed by atoms with Crippen molar-refractivity contribution in [3.05, 3.63) is 59.7 Å². The molecule has 1 amide bonds. The fourth-order valence-corrected chi connectivity index (χ4v) is 2.40. The Balaban J connectivity index is 1.87. The lowest BCUT2D eigenvalue weighted by molar-refractivity contribution is -0.155. The van der Waals surface area contributed by atoms with E-state index >= 15 is 0 Å². The quantitative estimate of drug-likeness (QED) is 0.698. The summed E-state index contributed by atoms with van der Waals surface area (Å²) < 4.78 is 15.9. The first-order valence-electron chi connectivity index (χ1n) is 8.93. The minimum absolute atomic E-state index is 0.332. The van der Waals surface area contributed by atoms with Gasteiger partial charge in [0, 0.05) is 5.69 Å². The van der Waals surface area contributed by atoms with Gasteiger partial charge in [0.05, 0.1) is 7.11 Å². The summed E-state index contributed by atoms with van der Waals surface area (Å²) in [5.41, 5.74) is 2.68. The third-order valence-corrected chi connectivity index (χ3v) is 3.89. The summed E-state index contributed by atoms with van der Waals surface area (Å²) in [6, 6.07) is 12.7. The van der Waals surface area contributed by atoms with Crippen molar-refractivity contribution < 1.29 is 23.8 Å². The molecule has 0 heterocycles. The first-order chi connectivity index (χ1) is 13.4. The van der Waals surface area contributed by atoms with Crippen molar-refractivity contribution in [2.75, 3.05) is 19.0 Å². The van der Waals surface area contributed by atoms with Crippen molar-refractivity contribution in [1.29, 1.82) is 0 Å². The van der Waals surface area contributed by atoms with Crippen LogP contribution in [0.3, 0.4) is 0 Å². The molecule has 0 aliphatic rings. The molecule has 1 N–H and O–H groups in total. The predicted octanol–water partition coefficient (Wildman–Crippen LogP) is 3.99. The van der Waals surface area contributed by atoms with E-state index in [-0.39, 0.29) is 6.61 Å². The average Bonchev–Trinajstić information content (AvgIpc) is 2.68. The molecule has 6 nitrogen and oxygen atoms in total. The molecule has 0 spiro atoms. The van der Waals surface area contributed by atoms with E-state index in [1.54, 1.807) is 24.3 Å². The summed E-state index contributed by atoms with van der Waals surface area (Å²) in [6.45, 7) is 5.05. The van der Waals surface area contributed by atoms with Gasteiger partial charge < -0.3 is 19.5 Å². The Bertz CT molecular complexity index is 843. The molecule has 0 aliphatic heterocycles. The number of nitrogens with one attached hydrogen (secondary N) is 1. The molecule has 6 heteroatoms. The standard InChI is InChI=1S/C22H25NO5/c1-5-6-17-9-12-19(20(13-17)26-4)27-14-21(24)28-16(3)22(25)23-18-10-7-15(2)8-11-18/h5-13,16H,14H2,1-4H3,(H,23,25)/b6-5+/t16-/m1/s1. The molecule has 0 saturated heterocycles. The summed E-state index contributed by atoms with van der Waals surface area (Å²) >= 11 is 0. The number of amides is 1. The van der Waals surface area contributed by atoms with E-state index in [0.717, 1.165) is 11.1 Å². The van der Waals surface area contributed by atoms with Crippen LogP contribution in [0.15, 0.2) is 48.5 Å². The molecular formula is C22H25NO5. The SMILES string of the molecule is C/C=C/c1ccc(OCC(=O)O[C@H](C)C(=O)Nc2ccc(C)cc2)c(OC)c1. The first kappa shape index (κ1) is 21.0. The Labute approximate surface area is 165 Å². The van der Waals surface area contributed by atoms with Gasteiger partial charge in [0.2, 0.25) is 0 Å². The molecule has 0 saturated carbocycles. The van der Waals surface area contributed by atoms with Gasteiger partial charge in [-0.3, -0.25) is 4.79 Å². The topological polar surface area (TPSA) is 73.9 Å². The number of hydrogen-bond acceptors (Lipinski definition) is 5. The number of anilines is 1. The van der Waals surface area contributed by atoms with Crippen molar-refractivity contribution in [1.82, 2.24) is 0 Å². The average molecular weight is 383 g/mol. The second kappa shape index (κ2) is 10.2. The highest BCUT2D eigenvalue weighted by molar-refractivity contribution is 5.95. The van der Waals surface area contributed by atoms with Crippen molar-refractivity contribution >= 4 is 23.6 Å². The summed E-state index contributed by atoms with van der Waals surface area (Å²) in [4.78, 5) is 24.2. The zero-order valence-corrected chi connectivity index (χ0v) is 16.5. The van der Waals surface area contributed by atoms with Gasteiger partial charge in [0.25, 0.3) is 5.91 Å². The Morgan fingerprint density at radius 3 is 2.46 bits per heavy atom. The molecule has 0 fully saturated rings. The van der Waals surface area contributed by atoms with Crippen molar-refractivity contribution in [3.63, 3.8) is 0 Å². The van der Waals surface area contributed by atoms with E-state index < -0.39 is 18.0 Å². The molecule has 0 radical (unpaired) electrons. The molecule has 0 aliphatic carbocycles. The van der Waals surface area contributed by atoms with Crippen molar-refractivity contribution in [2.24, 2.45) is 0 Å². The largest absolute Gasteiger partial charge is 0.493 e. The van der Waals surface area contributed by atoms with E-state index in [4.69, 9.17) is 14.2 Å². The molecule has 148 valence electrons. The summed E-state index contributed by atoms with van der Waals surface area (Å²) in [5.74, 6) is -0.130. The predicted molar refractivity (Wildman–Crippen MR) is 109 cm³/mol. The Morgan fingerprint density at radius 2 is 1.82 bits per heavy atom. The van der Waals surface area contributed by atoms with Crippen LogP contribution >= 0.6 is 0 Å². The van der Waals surface area contributed by atoms with Crippen LogP contribution in [0.5, 0.6) is 11.5 Å². The van der Waals surface area contributed by atoms with Crippen LogP contribution in [0.25, 0.3) is 6.08 Å². The Hall–Kier alpha value is -3.28. The van der Waals surface area contributed by atoms with Gasteiger partial charge >= 0.3 is 5.97 Å². The van der Waals surface area contributed by atoms with E-state index in [2.05, 4.69) is 5.32 Å². The number of rotatable bonds is 8. The van der Waals surface area contributed by atoms with Crippen LogP contribution in [-0.4, -0.2) is 31.7 Å². The van der Waals surface area contributed by atoms with E-state index in [1.807, 2.05) is 44.2 Å². The Kier molecular flexibility index (Phi) is 7.63. The fourth-order valence-electron chi connectivity index (χ4n) is 2.40. The summed E-state index contributed by atoms with van der Waals surface area (Å²) in [6.07, 6.45) is 2.89. The van der Waals surface area contributed by atoms with Gasteiger partial charge in [-0.05, 0) is 50.6 Å². The van der Waals surface area contributed by atoms with Gasteiger partial charge in [-0.2, -0.15) is 0 Å². The third kappa shape index (κ3) is 6.16. The van der Waals surface area contributed by atoms with Crippen LogP contribution in [0.2, 0.25) is 0 Å². The highest BCUT2D eigenvalue weighted by Crippen LogP contribution is 2.28. The number of methoxy groups -OCH3 is 1. The first-order valence-corrected chi connectivity index (χ1v) is 8.93. The zero-order chi connectivity index (χ0) is 20.5. The van der Waals surface area contributed by atoms with Gasteiger partial charge in [0.1, 0.15) is 0 Å². The lowest BCUT2D eigenvalue weighted by Gasteiger charge is -2.15. The number of ether oxygens (including phenoxy) is 3. The number of allylic oxidation sites excluding steroid dienone is 1. The van der Waals surface area contributed by atoms with Crippen molar-refractivity contribution in [3.8, 4) is 11.5 Å². The maximum atomic E-state index is 12.2. The van der Waals surface area contributed by atoms with Crippen LogP contribution in [0, 0.1) is 6.92 Å². The molecule has 28 heavy (non-hydrogen) atoms. The van der Waals surface area contributed by atoms with E-state index in [1.165, 1.54) is 14.0 Å². The number of esters is 1. The van der Waals surface area contributed by atoms with Gasteiger partial charge in [-0.15, -0.1) is 0 Å². The fraction of sp³-hybridized carbons (Fsp3) is 0.273. The minimum atomic E-state index is -0.948. The molecular weight excluding hydrogens is 358 g/mol. The molecule has 1 atom stereocenters. The summed E-state index contributed by atoms with van der Waals surface area (Å²) in [7, 11) is 1.53. The Morgan fingerprint density at radius 1 is 1.11 bits per heavy atom. The molecule has 0 bridgehead atoms. The molecule has 2 aromatic rings. The van der Waals surface area contributed by atoms with Crippen LogP contribution in [0.1, 0.15) is 25.0 Å². The summed E-state index contributed by atoms with van der Waals surface area (Å²) in [5, 5.41) is 2.70.